The van der Waals surface area contributed by atoms with Crippen LogP contribution in [0, 0.1) is 0 Å². The topological polar surface area (TPSA) is 78.0 Å². The van der Waals surface area contributed by atoms with E-state index in [0.717, 1.165) is 38.3 Å². The first kappa shape index (κ1) is 14.6. The van der Waals surface area contributed by atoms with Crippen molar-refractivity contribution < 1.29 is 5.21 Å². The van der Waals surface area contributed by atoms with Gasteiger partial charge in [-0.25, -0.2) is 0 Å². The lowest BCUT2D eigenvalue weighted by Crippen LogP contribution is -2.37. The van der Waals surface area contributed by atoms with Crippen LogP contribution in [0.25, 0.3) is 0 Å². The summed E-state index contributed by atoms with van der Waals surface area (Å²) in [4.78, 5) is 8.97. The molecule has 1 saturated heterocycles. The summed E-state index contributed by atoms with van der Waals surface area (Å²) in [5, 5.41) is 11.9. The minimum Gasteiger partial charge on any atom is -0.409 e. The molecular formula is C14H23N5O. The lowest BCUT2D eigenvalue weighted by Gasteiger charge is -2.27. The van der Waals surface area contributed by atoms with Gasteiger partial charge in [0.1, 0.15) is 5.69 Å². The molecule has 1 unspecified atom stereocenters. The molecule has 2 heterocycles. The maximum atomic E-state index is 8.87. The van der Waals surface area contributed by atoms with Crippen LogP contribution in [0.3, 0.4) is 0 Å². The molecular weight excluding hydrogens is 254 g/mol. The third kappa shape index (κ3) is 2.85. The van der Waals surface area contributed by atoms with Crippen LogP contribution in [0.2, 0.25) is 0 Å². The van der Waals surface area contributed by atoms with Crippen LogP contribution in [-0.4, -0.2) is 53.1 Å². The van der Waals surface area contributed by atoms with Gasteiger partial charge in [-0.3, -0.25) is 9.88 Å². The number of aromatic nitrogens is 1. The van der Waals surface area contributed by atoms with E-state index in [1.807, 2.05) is 12.1 Å². The van der Waals surface area contributed by atoms with Crippen molar-refractivity contribution in [1.82, 2.24) is 9.88 Å². The molecule has 1 aliphatic rings. The smallest absolute Gasteiger partial charge is 0.190 e. The fourth-order valence-electron chi connectivity index (χ4n) is 2.90. The Balaban J connectivity index is 2.18. The van der Waals surface area contributed by atoms with Gasteiger partial charge in [0.15, 0.2) is 5.84 Å². The number of nitrogens with two attached hydrogens (primary N) is 1. The number of nitrogens with zero attached hydrogens (tertiary/aromatic N) is 4. The highest BCUT2D eigenvalue weighted by atomic mass is 16.4. The van der Waals surface area contributed by atoms with Crippen molar-refractivity contribution in [1.29, 1.82) is 0 Å². The largest absolute Gasteiger partial charge is 0.409 e. The maximum Gasteiger partial charge on any atom is 0.190 e. The first-order valence-corrected chi connectivity index (χ1v) is 7.13. The third-order valence-corrected chi connectivity index (χ3v) is 3.97. The van der Waals surface area contributed by atoms with Gasteiger partial charge >= 0.3 is 0 Å². The Hall–Kier alpha value is -1.82. The van der Waals surface area contributed by atoms with Crippen molar-refractivity contribution in [3.63, 3.8) is 0 Å². The maximum absolute atomic E-state index is 8.87. The zero-order valence-corrected chi connectivity index (χ0v) is 12.2. The van der Waals surface area contributed by atoms with E-state index >= 15 is 0 Å². The molecule has 110 valence electrons. The molecule has 6 nitrogen and oxygen atoms in total. The normalized spacial score (nSPS) is 19.9. The quantitative estimate of drug-likeness (QED) is 0.365. The molecule has 0 radical (unpaired) electrons. The Labute approximate surface area is 119 Å². The van der Waals surface area contributed by atoms with Crippen LogP contribution in [0.15, 0.2) is 23.5 Å². The van der Waals surface area contributed by atoms with Crippen molar-refractivity contribution in [2.75, 3.05) is 31.1 Å². The van der Waals surface area contributed by atoms with Crippen LogP contribution in [0.1, 0.15) is 26.0 Å². The van der Waals surface area contributed by atoms with E-state index in [1.165, 1.54) is 0 Å². The summed E-state index contributed by atoms with van der Waals surface area (Å²) in [5.74, 6) is 0.0619. The minimum atomic E-state index is 0.0619. The summed E-state index contributed by atoms with van der Waals surface area (Å²) in [6, 6.07) is 4.42. The van der Waals surface area contributed by atoms with E-state index in [4.69, 9.17) is 10.9 Å². The average molecular weight is 277 g/mol. The second-order valence-corrected chi connectivity index (χ2v) is 4.97. The van der Waals surface area contributed by atoms with Gasteiger partial charge < -0.3 is 15.8 Å². The van der Waals surface area contributed by atoms with Crippen LogP contribution in [-0.2, 0) is 0 Å². The summed E-state index contributed by atoms with van der Waals surface area (Å²) in [6.45, 7) is 8.44. The van der Waals surface area contributed by atoms with E-state index in [1.54, 1.807) is 6.20 Å². The van der Waals surface area contributed by atoms with Crippen molar-refractivity contribution in [3.8, 4) is 0 Å². The molecule has 20 heavy (non-hydrogen) atoms. The third-order valence-electron chi connectivity index (χ3n) is 3.97. The van der Waals surface area contributed by atoms with Crippen molar-refractivity contribution in [2.24, 2.45) is 10.9 Å². The Kier molecular flexibility index (Phi) is 4.79. The summed E-state index contributed by atoms with van der Waals surface area (Å²) >= 11 is 0. The van der Waals surface area contributed by atoms with Crippen LogP contribution in [0.4, 0.5) is 5.69 Å². The Morgan fingerprint density at radius 2 is 2.30 bits per heavy atom. The average Bonchev–Trinajstić information content (AvgIpc) is 2.97. The molecule has 0 aliphatic carbocycles. The van der Waals surface area contributed by atoms with Crippen LogP contribution < -0.4 is 10.6 Å². The summed E-state index contributed by atoms with van der Waals surface area (Å²) in [7, 11) is 0. The number of amidine groups is 1. The molecule has 1 aliphatic heterocycles. The van der Waals surface area contributed by atoms with Crippen LogP contribution >= 0.6 is 0 Å². The minimum absolute atomic E-state index is 0.0619. The number of hydrogen-bond acceptors (Lipinski definition) is 5. The van der Waals surface area contributed by atoms with Crippen molar-refractivity contribution >= 4 is 11.5 Å². The number of pyridine rings is 1. The standard InChI is InChI=1S/C14H23N5O/c1-3-18(4-2)11-7-9-19(10-11)12-6-5-8-16-13(12)14(15)17-20/h5-6,8,11,20H,3-4,7,9-10H2,1-2H3,(H2,15,17). The highest BCUT2D eigenvalue weighted by molar-refractivity contribution is 6.00. The van der Waals surface area contributed by atoms with E-state index in [0.29, 0.717) is 11.7 Å². The zero-order chi connectivity index (χ0) is 14.5. The first-order chi connectivity index (χ1) is 9.71. The Bertz CT molecular complexity index is 472. The number of oxime groups is 1. The lowest BCUT2D eigenvalue weighted by atomic mass is 10.2. The van der Waals surface area contributed by atoms with Gasteiger partial charge in [-0.2, -0.15) is 0 Å². The molecule has 0 spiro atoms. The molecule has 1 aromatic heterocycles. The van der Waals surface area contributed by atoms with E-state index in [-0.39, 0.29) is 5.84 Å². The van der Waals surface area contributed by atoms with Gasteiger partial charge in [0.25, 0.3) is 0 Å². The second kappa shape index (κ2) is 6.56. The van der Waals surface area contributed by atoms with Crippen molar-refractivity contribution in [2.45, 2.75) is 26.3 Å². The summed E-state index contributed by atoms with van der Waals surface area (Å²) < 4.78 is 0. The predicted molar refractivity (Wildman–Crippen MR) is 80.3 cm³/mol. The van der Waals surface area contributed by atoms with Crippen LogP contribution in [0.5, 0.6) is 0 Å². The molecule has 6 heteroatoms. The molecule has 1 aromatic rings. The fourth-order valence-corrected chi connectivity index (χ4v) is 2.90. The molecule has 2 rings (SSSR count). The molecule has 0 saturated carbocycles. The number of anilines is 1. The molecule has 0 amide bonds. The highest BCUT2D eigenvalue weighted by Crippen LogP contribution is 2.25. The lowest BCUT2D eigenvalue weighted by molar-refractivity contribution is 0.232. The Morgan fingerprint density at radius 3 is 2.95 bits per heavy atom. The van der Waals surface area contributed by atoms with Gasteiger partial charge in [0.05, 0.1) is 5.69 Å². The number of likely N-dealkylation sites (N-methyl/N-ethyl adjacent to an activating group) is 1. The van der Waals surface area contributed by atoms with Crippen molar-refractivity contribution in [3.05, 3.63) is 24.0 Å². The van der Waals surface area contributed by atoms with Gasteiger partial charge in [-0.05, 0) is 31.6 Å². The zero-order valence-electron chi connectivity index (χ0n) is 12.2. The van der Waals surface area contributed by atoms with Gasteiger partial charge in [0.2, 0.25) is 0 Å². The first-order valence-electron chi connectivity index (χ1n) is 7.13. The molecule has 1 fully saturated rings. The molecule has 1 atom stereocenters. The van der Waals surface area contributed by atoms with Gasteiger partial charge in [0, 0.05) is 25.3 Å². The molecule has 0 aromatic carbocycles. The van der Waals surface area contributed by atoms with E-state index < -0.39 is 0 Å². The monoisotopic (exact) mass is 277 g/mol. The summed E-state index contributed by atoms with van der Waals surface area (Å²) in [5.41, 5.74) is 7.20. The molecule has 0 bridgehead atoms. The fraction of sp³-hybridized carbons (Fsp3) is 0.571. The predicted octanol–water partition coefficient (Wildman–Crippen LogP) is 1.10. The Morgan fingerprint density at radius 1 is 1.55 bits per heavy atom. The van der Waals surface area contributed by atoms with Gasteiger partial charge in [-0.15, -0.1) is 0 Å². The molecule has 3 N–H and O–H groups in total. The van der Waals surface area contributed by atoms with Gasteiger partial charge in [-0.1, -0.05) is 19.0 Å². The highest BCUT2D eigenvalue weighted by Gasteiger charge is 2.28. The second-order valence-electron chi connectivity index (χ2n) is 4.97. The van der Waals surface area contributed by atoms with E-state index in [2.05, 4.69) is 33.8 Å². The number of rotatable bonds is 5. The summed E-state index contributed by atoms with van der Waals surface area (Å²) in [6.07, 6.45) is 2.79. The van der Waals surface area contributed by atoms with E-state index in [9.17, 15) is 0 Å². The SMILES string of the molecule is CCN(CC)C1CCN(c2cccnc2/C(N)=N/O)C1. The number of hydrogen-bond donors (Lipinski definition) is 2.